The molecule has 7 nitrogen and oxygen atoms in total. The quantitative estimate of drug-likeness (QED) is 0.268. The average molecular weight is 530 g/mol. The predicted octanol–water partition coefficient (Wildman–Crippen LogP) is 6.53. The van der Waals surface area contributed by atoms with E-state index in [0.717, 1.165) is 28.8 Å². The molecular formula is C29H22F3N5O2. The highest BCUT2D eigenvalue weighted by molar-refractivity contribution is 6.06. The van der Waals surface area contributed by atoms with Crippen LogP contribution in [0.15, 0.2) is 79.3 Å². The Morgan fingerprint density at radius 2 is 1.77 bits per heavy atom. The van der Waals surface area contributed by atoms with Crippen molar-refractivity contribution in [3.05, 3.63) is 95.9 Å². The van der Waals surface area contributed by atoms with Crippen molar-refractivity contribution in [2.24, 2.45) is 0 Å². The van der Waals surface area contributed by atoms with E-state index in [1.54, 1.807) is 37.8 Å². The molecule has 5 aromatic rings. The molecule has 0 aliphatic carbocycles. The van der Waals surface area contributed by atoms with E-state index in [1.165, 1.54) is 12.1 Å². The highest BCUT2D eigenvalue weighted by Gasteiger charge is 2.31. The van der Waals surface area contributed by atoms with Crippen LogP contribution in [-0.4, -0.2) is 28.0 Å². The van der Waals surface area contributed by atoms with Crippen LogP contribution in [0.4, 0.5) is 24.8 Å². The molecule has 2 heterocycles. The third-order valence-electron chi connectivity index (χ3n) is 6.25. The molecule has 2 aromatic heterocycles. The van der Waals surface area contributed by atoms with Crippen molar-refractivity contribution in [2.45, 2.75) is 13.1 Å². The molecule has 39 heavy (non-hydrogen) atoms. The van der Waals surface area contributed by atoms with Crippen LogP contribution in [0.25, 0.3) is 33.2 Å². The number of nitrogens with two attached hydrogens (primary N) is 1. The average Bonchev–Trinajstić information content (AvgIpc) is 2.93. The summed E-state index contributed by atoms with van der Waals surface area (Å²) in [5.74, 6) is -0.0259. The first-order valence-corrected chi connectivity index (χ1v) is 11.8. The van der Waals surface area contributed by atoms with Gasteiger partial charge in [-0.3, -0.25) is 9.78 Å². The number of anilines is 2. The molecule has 3 aromatic carbocycles. The lowest BCUT2D eigenvalue weighted by Crippen LogP contribution is -2.14. The largest absolute Gasteiger partial charge is 0.495 e. The molecule has 10 heteroatoms. The molecule has 196 valence electrons. The molecular weight excluding hydrogens is 507 g/mol. The third kappa shape index (κ3) is 5.08. The maximum absolute atomic E-state index is 13.1. The molecule has 0 saturated heterocycles. The summed E-state index contributed by atoms with van der Waals surface area (Å²) in [6.07, 6.45) is 0.390. The Hall–Kier alpha value is -4.99. The zero-order valence-corrected chi connectivity index (χ0v) is 20.9. The first kappa shape index (κ1) is 25.7. The number of nitrogens with one attached hydrogen (secondary N) is 1. The van der Waals surface area contributed by atoms with Gasteiger partial charge >= 0.3 is 6.18 Å². The zero-order valence-electron chi connectivity index (χ0n) is 20.9. The van der Waals surface area contributed by atoms with Crippen LogP contribution in [0.5, 0.6) is 5.75 Å². The molecule has 0 fully saturated rings. The summed E-state index contributed by atoms with van der Waals surface area (Å²) in [4.78, 5) is 25.6. The SMILES string of the molecule is COc1c(-c2cc(NC(=O)c3cccc(C(F)(F)F)c3)ccc2C)cc2cnc(N)nc2c1-c1ccncc1. The second-order valence-corrected chi connectivity index (χ2v) is 8.80. The highest BCUT2D eigenvalue weighted by Crippen LogP contribution is 2.45. The number of methoxy groups -OCH3 is 1. The minimum atomic E-state index is -4.55. The van der Waals surface area contributed by atoms with Gasteiger partial charge in [0.15, 0.2) is 0 Å². The van der Waals surface area contributed by atoms with Crippen LogP contribution in [0, 0.1) is 6.92 Å². The first-order chi connectivity index (χ1) is 18.7. The fourth-order valence-corrected chi connectivity index (χ4v) is 4.40. The first-order valence-electron chi connectivity index (χ1n) is 11.8. The van der Waals surface area contributed by atoms with Crippen molar-refractivity contribution < 1.29 is 22.7 Å². The number of aryl methyl sites for hydroxylation is 1. The van der Waals surface area contributed by atoms with Crippen LogP contribution in [0.1, 0.15) is 21.5 Å². The van der Waals surface area contributed by atoms with Crippen molar-refractivity contribution in [1.29, 1.82) is 0 Å². The Morgan fingerprint density at radius 1 is 1.00 bits per heavy atom. The van der Waals surface area contributed by atoms with Crippen molar-refractivity contribution in [2.75, 3.05) is 18.2 Å². The van der Waals surface area contributed by atoms with Crippen molar-refractivity contribution in [3.8, 4) is 28.0 Å². The number of ether oxygens (including phenoxy) is 1. The Balaban J connectivity index is 1.62. The van der Waals surface area contributed by atoms with Crippen LogP contribution in [0.2, 0.25) is 0 Å². The number of hydrogen-bond acceptors (Lipinski definition) is 6. The van der Waals surface area contributed by atoms with Crippen molar-refractivity contribution in [1.82, 2.24) is 15.0 Å². The van der Waals surface area contributed by atoms with Gasteiger partial charge in [-0.05, 0) is 72.1 Å². The summed E-state index contributed by atoms with van der Waals surface area (Å²) < 4.78 is 45.3. The van der Waals surface area contributed by atoms with E-state index in [0.29, 0.717) is 33.5 Å². The molecule has 0 atom stereocenters. The molecule has 0 radical (unpaired) electrons. The fraction of sp³-hybridized carbons (Fsp3) is 0.103. The second-order valence-electron chi connectivity index (χ2n) is 8.80. The highest BCUT2D eigenvalue weighted by atomic mass is 19.4. The molecule has 0 spiro atoms. The van der Waals surface area contributed by atoms with Gasteiger partial charge in [-0.25, -0.2) is 9.97 Å². The van der Waals surface area contributed by atoms with Gasteiger partial charge in [0, 0.05) is 40.8 Å². The number of fused-ring (bicyclic) bond motifs is 1. The topological polar surface area (TPSA) is 103 Å². The molecule has 0 aliphatic heterocycles. The van der Waals surface area contributed by atoms with Gasteiger partial charge in [-0.15, -0.1) is 0 Å². The lowest BCUT2D eigenvalue weighted by atomic mass is 9.92. The van der Waals surface area contributed by atoms with E-state index in [2.05, 4.69) is 20.3 Å². The Bertz CT molecular complexity index is 1710. The number of hydrogen-bond donors (Lipinski definition) is 2. The predicted molar refractivity (Wildman–Crippen MR) is 143 cm³/mol. The van der Waals surface area contributed by atoms with Gasteiger partial charge in [0.2, 0.25) is 5.95 Å². The number of pyridine rings is 1. The Kier molecular flexibility index (Phi) is 6.61. The molecule has 0 bridgehead atoms. The number of halogens is 3. The lowest BCUT2D eigenvalue weighted by molar-refractivity contribution is -0.137. The molecule has 5 rings (SSSR count). The van der Waals surface area contributed by atoms with Gasteiger partial charge in [-0.2, -0.15) is 13.2 Å². The Labute approximate surface area is 221 Å². The monoisotopic (exact) mass is 529 g/mol. The molecule has 0 aliphatic rings. The van der Waals surface area contributed by atoms with Crippen LogP contribution < -0.4 is 15.8 Å². The fourth-order valence-electron chi connectivity index (χ4n) is 4.40. The van der Waals surface area contributed by atoms with Crippen molar-refractivity contribution in [3.63, 3.8) is 0 Å². The minimum absolute atomic E-state index is 0.107. The summed E-state index contributed by atoms with van der Waals surface area (Å²) in [6.45, 7) is 1.91. The van der Waals surface area contributed by atoms with E-state index in [9.17, 15) is 18.0 Å². The number of amides is 1. The number of aromatic nitrogens is 3. The summed E-state index contributed by atoms with van der Waals surface area (Å²) in [6, 6.07) is 15.1. The number of rotatable bonds is 5. The summed E-state index contributed by atoms with van der Waals surface area (Å²) in [7, 11) is 1.55. The van der Waals surface area contributed by atoms with Crippen LogP contribution in [-0.2, 0) is 6.18 Å². The molecule has 3 N–H and O–H groups in total. The smallest absolute Gasteiger partial charge is 0.416 e. The lowest BCUT2D eigenvalue weighted by Gasteiger charge is -2.19. The molecule has 0 saturated carbocycles. The van der Waals surface area contributed by atoms with E-state index in [1.807, 2.05) is 31.2 Å². The number of alkyl halides is 3. The number of nitrogens with zero attached hydrogens (tertiary/aromatic N) is 3. The van der Waals surface area contributed by atoms with Gasteiger partial charge in [-0.1, -0.05) is 12.1 Å². The zero-order chi connectivity index (χ0) is 27.7. The van der Waals surface area contributed by atoms with Gasteiger partial charge in [0.05, 0.1) is 23.8 Å². The molecule has 1 amide bonds. The van der Waals surface area contributed by atoms with Gasteiger partial charge in [0.1, 0.15) is 5.75 Å². The van der Waals surface area contributed by atoms with Crippen LogP contribution in [0.3, 0.4) is 0 Å². The van der Waals surface area contributed by atoms with Gasteiger partial charge in [0.25, 0.3) is 5.91 Å². The van der Waals surface area contributed by atoms with E-state index in [4.69, 9.17) is 10.5 Å². The third-order valence-corrected chi connectivity index (χ3v) is 6.25. The summed E-state index contributed by atoms with van der Waals surface area (Å²) >= 11 is 0. The van der Waals surface area contributed by atoms with E-state index in [-0.39, 0.29) is 11.5 Å². The number of carbonyl (C=O) groups excluding carboxylic acids is 1. The van der Waals surface area contributed by atoms with E-state index >= 15 is 0 Å². The summed E-state index contributed by atoms with van der Waals surface area (Å²) in [5, 5.41) is 3.42. The van der Waals surface area contributed by atoms with Gasteiger partial charge < -0.3 is 15.8 Å². The maximum Gasteiger partial charge on any atom is 0.416 e. The van der Waals surface area contributed by atoms with Crippen LogP contribution >= 0.6 is 0 Å². The Morgan fingerprint density at radius 3 is 2.49 bits per heavy atom. The van der Waals surface area contributed by atoms with E-state index < -0.39 is 17.6 Å². The second kappa shape index (κ2) is 10.1. The number of carbonyl (C=O) groups is 1. The minimum Gasteiger partial charge on any atom is -0.495 e. The molecule has 0 unspecified atom stereocenters. The normalized spacial score (nSPS) is 11.4. The number of nitrogen functional groups attached to an aromatic ring is 1. The maximum atomic E-state index is 13.1. The van der Waals surface area contributed by atoms with Crippen molar-refractivity contribution >= 4 is 28.4 Å². The summed E-state index contributed by atoms with van der Waals surface area (Å²) in [5.41, 5.74) is 9.72. The number of benzene rings is 3. The standard InChI is InChI=1S/C29H22F3N5O2/c1-16-6-7-21(36-27(38)18-4-3-5-20(12-18)29(30,31)32)14-22(16)23-13-19-15-35-28(33)37-25(19)24(26(23)39-2)17-8-10-34-11-9-17/h3-15H,1-2H3,(H,36,38)(H2,33,35,37).